The van der Waals surface area contributed by atoms with Crippen LogP contribution >= 0.6 is 0 Å². The summed E-state index contributed by atoms with van der Waals surface area (Å²) in [4.78, 5) is 8.95. The van der Waals surface area contributed by atoms with Gasteiger partial charge in [-0.3, -0.25) is 0 Å². The van der Waals surface area contributed by atoms with Gasteiger partial charge in [0.2, 0.25) is 0 Å². The van der Waals surface area contributed by atoms with Crippen LogP contribution in [0, 0.1) is 6.92 Å². The molecule has 0 atom stereocenters. The molecule has 1 fully saturated rings. The summed E-state index contributed by atoms with van der Waals surface area (Å²) in [6.45, 7) is 6.16. The fourth-order valence-corrected chi connectivity index (χ4v) is 2.73. The van der Waals surface area contributed by atoms with E-state index < -0.39 is 0 Å². The third kappa shape index (κ3) is 3.03. The maximum absolute atomic E-state index is 9.80. The summed E-state index contributed by atoms with van der Waals surface area (Å²) >= 11 is 0. The molecule has 1 aromatic rings. The van der Waals surface area contributed by atoms with E-state index in [1.165, 1.54) is 6.42 Å². The number of hydrogen-bond acceptors (Lipinski definition) is 5. The Bertz CT molecular complexity index is 467. The second-order valence-electron chi connectivity index (χ2n) is 6.22. The van der Waals surface area contributed by atoms with Crippen molar-refractivity contribution in [1.29, 1.82) is 0 Å². The van der Waals surface area contributed by atoms with Gasteiger partial charge in [-0.1, -0.05) is 33.1 Å². The van der Waals surface area contributed by atoms with Crippen LogP contribution in [0.3, 0.4) is 0 Å². The molecule has 1 saturated carbocycles. The predicted octanol–water partition coefficient (Wildman–Crippen LogP) is 2.60. The largest absolute Gasteiger partial charge is 0.394 e. The van der Waals surface area contributed by atoms with E-state index in [0.717, 1.165) is 42.9 Å². The fraction of sp³-hybridized carbons (Fsp3) is 0.733. The number of anilines is 2. The zero-order chi connectivity index (χ0) is 14.8. The molecule has 0 spiro atoms. The first-order chi connectivity index (χ1) is 9.47. The van der Waals surface area contributed by atoms with Crippen LogP contribution in [0.2, 0.25) is 0 Å². The molecule has 5 heteroatoms. The molecule has 112 valence electrons. The van der Waals surface area contributed by atoms with Crippen LogP contribution in [0.4, 0.5) is 11.6 Å². The third-order valence-electron chi connectivity index (χ3n) is 4.21. The fourth-order valence-electron chi connectivity index (χ4n) is 2.73. The Balaban J connectivity index is 2.31. The monoisotopic (exact) mass is 278 g/mol. The first-order valence-corrected chi connectivity index (χ1v) is 7.50. The smallest absolute Gasteiger partial charge is 0.135 e. The van der Waals surface area contributed by atoms with E-state index in [-0.39, 0.29) is 18.1 Å². The topological polar surface area (TPSA) is 84.1 Å². The van der Waals surface area contributed by atoms with Crippen LogP contribution in [-0.4, -0.2) is 27.2 Å². The number of aliphatic hydroxyl groups excluding tert-OH is 1. The first-order valence-electron chi connectivity index (χ1n) is 7.50. The van der Waals surface area contributed by atoms with Gasteiger partial charge in [0.25, 0.3) is 0 Å². The van der Waals surface area contributed by atoms with Crippen molar-refractivity contribution in [2.24, 2.45) is 0 Å². The maximum atomic E-state index is 9.80. The van der Waals surface area contributed by atoms with E-state index in [2.05, 4.69) is 29.1 Å². The molecule has 4 N–H and O–H groups in total. The summed E-state index contributed by atoms with van der Waals surface area (Å²) in [5, 5.41) is 13.3. The van der Waals surface area contributed by atoms with Gasteiger partial charge in [-0.25, -0.2) is 9.97 Å². The summed E-state index contributed by atoms with van der Waals surface area (Å²) in [7, 11) is 0. The number of rotatable bonds is 4. The molecule has 1 aliphatic carbocycles. The zero-order valence-electron chi connectivity index (χ0n) is 12.7. The van der Waals surface area contributed by atoms with E-state index in [0.29, 0.717) is 5.82 Å². The lowest BCUT2D eigenvalue weighted by molar-refractivity contribution is 0.172. The average Bonchev–Trinajstić information content (AvgIpc) is 2.44. The first kappa shape index (κ1) is 15.0. The van der Waals surface area contributed by atoms with Crippen molar-refractivity contribution in [3.05, 3.63) is 11.4 Å². The summed E-state index contributed by atoms with van der Waals surface area (Å²) in [6.07, 6.45) is 5.48. The van der Waals surface area contributed by atoms with Crippen LogP contribution in [-0.2, 0) is 0 Å². The summed E-state index contributed by atoms with van der Waals surface area (Å²) in [6, 6.07) is 0. The van der Waals surface area contributed by atoms with Crippen LogP contribution < -0.4 is 11.1 Å². The second-order valence-corrected chi connectivity index (χ2v) is 6.22. The lowest BCUT2D eigenvalue weighted by Gasteiger charge is -2.37. The Morgan fingerprint density at radius 2 is 1.90 bits per heavy atom. The van der Waals surface area contributed by atoms with Gasteiger partial charge in [0.15, 0.2) is 0 Å². The molecule has 1 aliphatic rings. The van der Waals surface area contributed by atoms with E-state index >= 15 is 0 Å². The Kier molecular flexibility index (Phi) is 4.48. The minimum absolute atomic E-state index is 0.132. The van der Waals surface area contributed by atoms with Gasteiger partial charge in [-0.05, 0) is 19.8 Å². The Labute approximate surface area is 121 Å². The minimum Gasteiger partial charge on any atom is -0.394 e. The summed E-state index contributed by atoms with van der Waals surface area (Å²) in [5.41, 5.74) is 6.61. The molecule has 0 radical (unpaired) electrons. The molecule has 20 heavy (non-hydrogen) atoms. The van der Waals surface area contributed by atoms with Crippen molar-refractivity contribution in [3.8, 4) is 0 Å². The lowest BCUT2D eigenvalue weighted by atomic mass is 9.82. The number of aromatic nitrogens is 2. The second kappa shape index (κ2) is 5.95. The molecule has 1 heterocycles. The molecule has 0 amide bonds. The highest BCUT2D eigenvalue weighted by molar-refractivity contribution is 5.56. The van der Waals surface area contributed by atoms with Crippen LogP contribution in [0.15, 0.2) is 0 Å². The van der Waals surface area contributed by atoms with Crippen molar-refractivity contribution in [2.45, 2.75) is 64.3 Å². The Morgan fingerprint density at radius 3 is 2.45 bits per heavy atom. The average molecular weight is 278 g/mol. The molecule has 5 nitrogen and oxygen atoms in total. The quantitative estimate of drug-likeness (QED) is 0.788. The molecule has 0 aliphatic heterocycles. The van der Waals surface area contributed by atoms with Crippen LogP contribution in [0.25, 0.3) is 0 Å². The molecular weight excluding hydrogens is 252 g/mol. The number of nitrogen functional groups attached to an aromatic ring is 1. The Hall–Kier alpha value is -1.36. The van der Waals surface area contributed by atoms with Crippen molar-refractivity contribution < 1.29 is 5.11 Å². The van der Waals surface area contributed by atoms with Gasteiger partial charge in [0, 0.05) is 11.5 Å². The van der Waals surface area contributed by atoms with Gasteiger partial charge >= 0.3 is 0 Å². The van der Waals surface area contributed by atoms with Crippen molar-refractivity contribution in [1.82, 2.24) is 9.97 Å². The molecular formula is C15H26N4O. The SMILES string of the molecule is Cc1c(N)nc(C(C)C)nc1NC1(CO)CCCCC1. The van der Waals surface area contributed by atoms with E-state index in [1.54, 1.807) is 0 Å². The molecule has 0 saturated heterocycles. The highest BCUT2D eigenvalue weighted by Gasteiger charge is 2.32. The predicted molar refractivity (Wildman–Crippen MR) is 81.8 cm³/mol. The van der Waals surface area contributed by atoms with E-state index in [1.807, 2.05) is 6.92 Å². The summed E-state index contributed by atoms with van der Waals surface area (Å²) in [5.74, 6) is 2.28. The number of hydrogen-bond donors (Lipinski definition) is 3. The third-order valence-corrected chi connectivity index (χ3v) is 4.21. The molecule has 0 aromatic carbocycles. The highest BCUT2D eigenvalue weighted by Crippen LogP contribution is 2.32. The lowest BCUT2D eigenvalue weighted by Crippen LogP contribution is -2.44. The minimum atomic E-state index is -0.252. The zero-order valence-corrected chi connectivity index (χ0v) is 12.7. The molecule has 1 aromatic heterocycles. The van der Waals surface area contributed by atoms with Crippen molar-refractivity contribution in [3.63, 3.8) is 0 Å². The molecule has 0 bridgehead atoms. The Morgan fingerprint density at radius 1 is 1.25 bits per heavy atom. The number of nitrogens with one attached hydrogen (secondary N) is 1. The number of nitrogens with zero attached hydrogens (tertiary/aromatic N) is 2. The molecule has 2 rings (SSSR count). The van der Waals surface area contributed by atoms with E-state index in [9.17, 15) is 5.11 Å². The molecule has 0 unspecified atom stereocenters. The number of nitrogens with two attached hydrogens (primary N) is 1. The van der Waals surface area contributed by atoms with Crippen molar-refractivity contribution in [2.75, 3.05) is 17.7 Å². The van der Waals surface area contributed by atoms with Crippen molar-refractivity contribution >= 4 is 11.6 Å². The normalized spacial score (nSPS) is 18.2. The number of aliphatic hydroxyl groups is 1. The van der Waals surface area contributed by atoms with Crippen LogP contribution in [0.5, 0.6) is 0 Å². The van der Waals surface area contributed by atoms with E-state index in [4.69, 9.17) is 5.73 Å². The van der Waals surface area contributed by atoms with Gasteiger partial charge in [0.1, 0.15) is 17.5 Å². The van der Waals surface area contributed by atoms with Gasteiger partial charge in [-0.2, -0.15) is 0 Å². The van der Waals surface area contributed by atoms with Gasteiger partial charge in [0.05, 0.1) is 12.1 Å². The highest BCUT2D eigenvalue weighted by atomic mass is 16.3. The van der Waals surface area contributed by atoms with Gasteiger partial charge < -0.3 is 16.2 Å². The standard InChI is InChI=1S/C15H26N4O/c1-10(2)13-17-12(16)11(3)14(18-13)19-15(9-20)7-5-4-6-8-15/h10,20H,4-9H2,1-3H3,(H3,16,17,18,19). The van der Waals surface area contributed by atoms with Gasteiger partial charge in [-0.15, -0.1) is 0 Å². The summed E-state index contributed by atoms with van der Waals surface area (Å²) < 4.78 is 0. The maximum Gasteiger partial charge on any atom is 0.135 e. The van der Waals surface area contributed by atoms with Crippen LogP contribution in [0.1, 0.15) is 63.3 Å².